The zero-order valence-electron chi connectivity index (χ0n) is 14.4. The van der Waals surface area contributed by atoms with Crippen molar-refractivity contribution in [2.75, 3.05) is 6.61 Å². The van der Waals surface area contributed by atoms with Gasteiger partial charge in [-0.05, 0) is 43.5 Å². The quantitative estimate of drug-likeness (QED) is 0.794. The van der Waals surface area contributed by atoms with E-state index in [9.17, 15) is 23.1 Å². The van der Waals surface area contributed by atoms with Crippen LogP contribution in [0.3, 0.4) is 0 Å². The lowest BCUT2D eigenvalue weighted by molar-refractivity contribution is -0.302. The van der Waals surface area contributed by atoms with Crippen molar-refractivity contribution >= 4 is 23.2 Å². The molecule has 5 nitrogen and oxygen atoms in total. The number of rotatable bonds is 6. The second kappa shape index (κ2) is 7.84. The summed E-state index contributed by atoms with van der Waals surface area (Å²) in [6.07, 6.45) is -4.11. The topological polar surface area (TPSA) is 62.1 Å². The molecule has 0 radical (unpaired) electrons. The Kier molecular flexibility index (Phi) is 6.18. The Bertz CT molecular complexity index is 709. The summed E-state index contributed by atoms with van der Waals surface area (Å²) in [5, 5.41) is 14.4. The molecule has 1 aliphatic heterocycles. The van der Waals surface area contributed by atoms with Crippen molar-refractivity contribution < 1.29 is 27.8 Å². The minimum atomic E-state index is -5.03. The SMILES string of the molecule is CCCCC1=NN(C(=O)COc2ccc(Cl)c(C)c2)[C@@](O)(C(F)(F)F)C1. The van der Waals surface area contributed by atoms with Gasteiger partial charge in [0.1, 0.15) is 5.75 Å². The highest BCUT2D eigenvalue weighted by atomic mass is 35.5. The van der Waals surface area contributed by atoms with Crippen molar-refractivity contribution in [2.24, 2.45) is 5.10 Å². The predicted octanol–water partition coefficient (Wildman–Crippen LogP) is 4.06. The monoisotopic (exact) mass is 392 g/mol. The normalized spacial score (nSPS) is 20.3. The van der Waals surface area contributed by atoms with E-state index < -0.39 is 30.8 Å². The van der Waals surface area contributed by atoms with Gasteiger partial charge < -0.3 is 9.84 Å². The summed E-state index contributed by atoms with van der Waals surface area (Å²) in [6.45, 7) is 2.92. The largest absolute Gasteiger partial charge is 0.484 e. The molecule has 0 aliphatic carbocycles. The van der Waals surface area contributed by atoms with Crippen LogP contribution < -0.4 is 4.74 Å². The second-order valence-corrected chi connectivity index (χ2v) is 6.57. The van der Waals surface area contributed by atoms with Crippen molar-refractivity contribution in [2.45, 2.75) is 51.4 Å². The first-order valence-electron chi connectivity index (χ1n) is 8.16. The van der Waals surface area contributed by atoms with Crippen LogP contribution in [0.5, 0.6) is 5.75 Å². The number of halogens is 4. The lowest BCUT2D eigenvalue weighted by Crippen LogP contribution is -2.57. The van der Waals surface area contributed by atoms with E-state index in [2.05, 4.69) is 5.10 Å². The molecule has 0 spiro atoms. The van der Waals surface area contributed by atoms with Crippen LogP contribution in [0.15, 0.2) is 23.3 Å². The van der Waals surface area contributed by atoms with Gasteiger partial charge in [-0.15, -0.1) is 0 Å². The standard InChI is InChI=1S/C17H20ClF3N2O3/c1-3-4-5-12-9-16(25,17(19,20)21)23(22-12)15(24)10-26-13-6-7-14(18)11(2)8-13/h6-8,25H,3-5,9-10H2,1-2H3/t16-/m0/s1. The maximum atomic E-state index is 13.3. The maximum absolute atomic E-state index is 13.3. The first-order valence-corrected chi connectivity index (χ1v) is 8.53. The van der Waals surface area contributed by atoms with Gasteiger partial charge in [0.25, 0.3) is 11.6 Å². The van der Waals surface area contributed by atoms with Crippen LogP contribution >= 0.6 is 11.6 Å². The van der Waals surface area contributed by atoms with Gasteiger partial charge in [0.05, 0.1) is 0 Å². The van der Waals surface area contributed by atoms with Gasteiger partial charge in [0.2, 0.25) is 0 Å². The first kappa shape index (κ1) is 20.5. The van der Waals surface area contributed by atoms with Gasteiger partial charge in [-0.1, -0.05) is 24.9 Å². The number of ether oxygens (including phenoxy) is 1. The lowest BCUT2D eigenvalue weighted by atomic mass is 10.0. The molecule has 1 N–H and O–H groups in total. The Balaban J connectivity index is 2.14. The van der Waals surface area contributed by atoms with Crippen LogP contribution in [-0.2, 0) is 4.79 Å². The highest BCUT2D eigenvalue weighted by Crippen LogP contribution is 2.41. The third-order valence-corrected chi connectivity index (χ3v) is 4.47. The fourth-order valence-corrected chi connectivity index (χ4v) is 2.65. The van der Waals surface area contributed by atoms with Crippen molar-refractivity contribution in [3.05, 3.63) is 28.8 Å². The molecule has 0 saturated carbocycles. The number of aliphatic hydroxyl groups is 1. The molecule has 1 heterocycles. The van der Waals surface area contributed by atoms with Crippen LogP contribution in [0.2, 0.25) is 5.02 Å². The Morgan fingerprint density at radius 3 is 2.73 bits per heavy atom. The average Bonchev–Trinajstić information content (AvgIpc) is 2.92. The van der Waals surface area contributed by atoms with Gasteiger partial charge >= 0.3 is 6.18 Å². The Morgan fingerprint density at radius 2 is 2.15 bits per heavy atom. The molecule has 0 bridgehead atoms. The fraction of sp³-hybridized carbons (Fsp3) is 0.529. The van der Waals surface area contributed by atoms with E-state index in [0.29, 0.717) is 17.0 Å². The molecule has 26 heavy (non-hydrogen) atoms. The molecule has 144 valence electrons. The highest BCUT2D eigenvalue weighted by molar-refractivity contribution is 6.31. The van der Waals surface area contributed by atoms with E-state index >= 15 is 0 Å². The summed E-state index contributed by atoms with van der Waals surface area (Å²) in [7, 11) is 0. The van der Waals surface area contributed by atoms with Crippen molar-refractivity contribution in [3.63, 3.8) is 0 Å². The molecule has 0 aromatic heterocycles. The Hall–Kier alpha value is -1.80. The van der Waals surface area contributed by atoms with Gasteiger partial charge in [-0.25, -0.2) is 0 Å². The number of hydrazone groups is 1. The maximum Gasteiger partial charge on any atom is 0.438 e. The molecule has 0 saturated heterocycles. The number of aryl methyl sites for hydroxylation is 1. The average molecular weight is 393 g/mol. The van der Waals surface area contributed by atoms with E-state index in [4.69, 9.17) is 16.3 Å². The second-order valence-electron chi connectivity index (χ2n) is 6.17. The van der Waals surface area contributed by atoms with E-state index in [1.54, 1.807) is 19.1 Å². The number of nitrogens with zero attached hydrogens (tertiary/aromatic N) is 2. The zero-order valence-corrected chi connectivity index (χ0v) is 15.2. The van der Waals surface area contributed by atoms with E-state index in [1.807, 2.05) is 6.92 Å². The number of carbonyl (C=O) groups excluding carboxylic acids is 1. The van der Waals surface area contributed by atoms with Crippen molar-refractivity contribution in [3.8, 4) is 5.75 Å². The summed E-state index contributed by atoms with van der Waals surface area (Å²) in [4.78, 5) is 12.3. The zero-order chi connectivity index (χ0) is 19.5. The molecular formula is C17H20ClF3N2O3. The smallest absolute Gasteiger partial charge is 0.438 e. The van der Waals surface area contributed by atoms with Crippen LogP contribution in [0.25, 0.3) is 0 Å². The van der Waals surface area contributed by atoms with Gasteiger partial charge in [0, 0.05) is 17.2 Å². The lowest BCUT2D eigenvalue weighted by Gasteiger charge is -2.32. The van der Waals surface area contributed by atoms with Crippen LogP contribution in [0, 0.1) is 6.92 Å². The predicted molar refractivity (Wildman–Crippen MR) is 91.1 cm³/mol. The Morgan fingerprint density at radius 1 is 1.46 bits per heavy atom. The van der Waals surface area contributed by atoms with Crippen LogP contribution in [0.4, 0.5) is 13.2 Å². The van der Waals surface area contributed by atoms with Crippen LogP contribution in [0.1, 0.15) is 38.2 Å². The summed E-state index contributed by atoms with van der Waals surface area (Å²) < 4.78 is 45.3. The molecule has 1 atom stereocenters. The first-order chi connectivity index (χ1) is 12.1. The minimum Gasteiger partial charge on any atom is -0.484 e. The summed E-state index contributed by atoms with van der Waals surface area (Å²) in [5.74, 6) is -0.797. The summed E-state index contributed by atoms with van der Waals surface area (Å²) in [6, 6.07) is 4.61. The number of benzene rings is 1. The fourth-order valence-electron chi connectivity index (χ4n) is 2.53. The van der Waals surface area contributed by atoms with E-state index in [0.717, 1.165) is 6.42 Å². The molecule has 0 fully saturated rings. The highest BCUT2D eigenvalue weighted by Gasteiger charge is 2.63. The molecule has 1 aliphatic rings. The number of carbonyl (C=O) groups is 1. The van der Waals surface area contributed by atoms with Crippen molar-refractivity contribution in [1.29, 1.82) is 0 Å². The molecule has 1 aromatic carbocycles. The molecular weight excluding hydrogens is 373 g/mol. The number of hydrogen-bond donors (Lipinski definition) is 1. The molecule has 1 amide bonds. The van der Waals surface area contributed by atoms with Gasteiger partial charge in [-0.3, -0.25) is 4.79 Å². The van der Waals surface area contributed by atoms with Crippen LogP contribution in [-0.4, -0.2) is 40.2 Å². The Labute approximate surface area is 154 Å². The number of alkyl halides is 3. The third kappa shape index (κ3) is 4.29. The molecule has 1 aromatic rings. The minimum absolute atomic E-state index is 0.0980. The molecule has 2 rings (SSSR count). The molecule has 9 heteroatoms. The number of hydrogen-bond acceptors (Lipinski definition) is 4. The van der Waals surface area contributed by atoms with E-state index in [-0.39, 0.29) is 22.9 Å². The third-order valence-electron chi connectivity index (χ3n) is 4.04. The number of amides is 1. The van der Waals surface area contributed by atoms with Gasteiger partial charge in [0.15, 0.2) is 6.61 Å². The summed E-state index contributed by atoms with van der Waals surface area (Å²) in [5.41, 5.74) is -2.50. The van der Waals surface area contributed by atoms with Crippen molar-refractivity contribution in [1.82, 2.24) is 5.01 Å². The molecule has 0 unspecified atom stereocenters. The summed E-state index contributed by atoms with van der Waals surface area (Å²) >= 11 is 5.89. The van der Waals surface area contributed by atoms with E-state index in [1.165, 1.54) is 6.07 Å². The van der Waals surface area contributed by atoms with Gasteiger partial charge in [-0.2, -0.15) is 23.3 Å². The number of unbranched alkanes of at least 4 members (excludes halogenated alkanes) is 1.